The van der Waals surface area contributed by atoms with Crippen LogP contribution < -0.4 is 5.32 Å². The third-order valence-corrected chi connectivity index (χ3v) is 4.16. The number of carboxylic acid groups (broad SMARTS) is 1. The Bertz CT molecular complexity index is 271. The van der Waals surface area contributed by atoms with Crippen LogP contribution >= 0.6 is 0 Å². The lowest BCUT2D eigenvalue weighted by Gasteiger charge is -2.33. The number of nitrogens with zero attached hydrogens (tertiary/aromatic N) is 1. The predicted molar refractivity (Wildman–Crippen MR) is 73.8 cm³/mol. The van der Waals surface area contributed by atoms with Gasteiger partial charge in [0.2, 0.25) is 0 Å². The minimum absolute atomic E-state index is 0.272. The first-order chi connectivity index (χ1) is 8.56. The Kier molecular flexibility index (Phi) is 6.09. The van der Waals surface area contributed by atoms with Crippen LogP contribution in [-0.2, 0) is 4.79 Å². The monoisotopic (exact) mass is 256 g/mol. The molecule has 18 heavy (non-hydrogen) atoms. The highest BCUT2D eigenvalue weighted by atomic mass is 16.4. The molecule has 1 rings (SSSR count). The molecule has 0 spiro atoms. The minimum atomic E-state index is -0.665. The molecule has 0 heterocycles. The first-order valence-electron chi connectivity index (χ1n) is 7.23. The Labute approximate surface area is 111 Å². The lowest BCUT2D eigenvalue weighted by Crippen LogP contribution is -2.55. The molecule has 1 aliphatic rings. The highest BCUT2D eigenvalue weighted by molar-refractivity contribution is 5.79. The van der Waals surface area contributed by atoms with E-state index in [2.05, 4.69) is 24.2 Å². The van der Waals surface area contributed by atoms with Crippen molar-refractivity contribution in [1.29, 1.82) is 0 Å². The van der Waals surface area contributed by atoms with Crippen molar-refractivity contribution < 1.29 is 9.90 Å². The van der Waals surface area contributed by atoms with Gasteiger partial charge >= 0.3 is 5.97 Å². The Balaban J connectivity index is 2.59. The summed E-state index contributed by atoms with van der Waals surface area (Å²) in [5.41, 5.74) is -0.665. The highest BCUT2D eigenvalue weighted by Gasteiger charge is 2.48. The minimum Gasteiger partial charge on any atom is -0.480 e. The van der Waals surface area contributed by atoms with Crippen molar-refractivity contribution in [1.82, 2.24) is 10.2 Å². The molecule has 0 aromatic rings. The maximum atomic E-state index is 11.6. The summed E-state index contributed by atoms with van der Waals surface area (Å²) in [5.74, 6) is -0.390. The van der Waals surface area contributed by atoms with Crippen molar-refractivity contribution >= 4 is 5.97 Å². The summed E-state index contributed by atoms with van der Waals surface area (Å²) in [7, 11) is 2.12. The van der Waals surface area contributed by atoms with Crippen LogP contribution in [0.5, 0.6) is 0 Å². The molecule has 2 atom stereocenters. The largest absolute Gasteiger partial charge is 0.480 e. The van der Waals surface area contributed by atoms with Gasteiger partial charge in [-0.05, 0) is 58.3 Å². The summed E-state index contributed by atoms with van der Waals surface area (Å²) < 4.78 is 0. The molecule has 1 aliphatic carbocycles. The molecule has 0 saturated heterocycles. The quantitative estimate of drug-likeness (QED) is 0.697. The van der Waals surface area contributed by atoms with Crippen LogP contribution in [0.4, 0.5) is 0 Å². The second kappa shape index (κ2) is 7.10. The molecule has 2 unspecified atom stereocenters. The van der Waals surface area contributed by atoms with Crippen molar-refractivity contribution in [2.45, 2.75) is 51.5 Å². The summed E-state index contributed by atoms with van der Waals surface area (Å²) >= 11 is 0. The molecule has 0 aliphatic heterocycles. The number of carboxylic acids is 1. The van der Waals surface area contributed by atoms with Crippen LogP contribution in [0.3, 0.4) is 0 Å². The van der Waals surface area contributed by atoms with Crippen molar-refractivity contribution in [3.63, 3.8) is 0 Å². The van der Waals surface area contributed by atoms with E-state index in [9.17, 15) is 9.90 Å². The Hall–Kier alpha value is -0.610. The van der Waals surface area contributed by atoms with Gasteiger partial charge in [0, 0.05) is 0 Å². The fourth-order valence-electron chi connectivity index (χ4n) is 3.24. The highest BCUT2D eigenvalue weighted by Crippen LogP contribution is 2.38. The second-order valence-electron chi connectivity index (χ2n) is 5.49. The Morgan fingerprint density at radius 2 is 2.17 bits per heavy atom. The molecular formula is C14H28N2O2. The fourth-order valence-corrected chi connectivity index (χ4v) is 3.24. The molecule has 1 saturated carbocycles. The van der Waals surface area contributed by atoms with Gasteiger partial charge in [-0.15, -0.1) is 0 Å². The molecule has 106 valence electrons. The molecule has 0 bridgehead atoms. The van der Waals surface area contributed by atoms with Crippen LogP contribution in [0.1, 0.15) is 46.0 Å². The van der Waals surface area contributed by atoms with Gasteiger partial charge < -0.3 is 15.3 Å². The van der Waals surface area contributed by atoms with Gasteiger partial charge in [-0.1, -0.05) is 20.3 Å². The summed E-state index contributed by atoms with van der Waals surface area (Å²) in [4.78, 5) is 13.9. The number of aliphatic carboxylic acids is 1. The number of hydrogen-bond acceptors (Lipinski definition) is 3. The van der Waals surface area contributed by atoms with Crippen LogP contribution in [0, 0.1) is 5.92 Å². The SMILES string of the molecule is CCCN(C)CCC1CCCC1(NCC)C(=O)O. The zero-order valence-electron chi connectivity index (χ0n) is 12.0. The zero-order chi connectivity index (χ0) is 13.6. The molecule has 2 N–H and O–H groups in total. The second-order valence-corrected chi connectivity index (χ2v) is 5.49. The van der Waals surface area contributed by atoms with E-state index in [1.54, 1.807) is 0 Å². The molecule has 0 radical (unpaired) electrons. The Morgan fingerprint density at radius 3 is 2.72 bits per heavy atom. The molecular weight excluding hydrogens is 228 g/mol. The average molecular weight is 256 g/mol. The maximum Gasteiger partial charge on any atom is 0.324 e. The number of nitrogens with one attached hydrogen (secondary N) is 1. The van der Waals surface area contributed by atoms with E-state index in [4.69, 9.17) is 0 Å². The first kappa shape index (κ1) is 15.4. The predicted octanol–water partition coefficient (Wildman–Crippen LogP) is 1.95. The third-order valence-electron chi connectivity index (χ3n) is 4.16. The van der Waals surface area contributed by atoms with Crippen LogP contribution in [0.15, 0.2) is 0 Å². The van der Waals surface area contributed by atoms with Gasteiger partial charge in [0.25, 0.3) is 0 Å². The molecule has 4 heteroatoms. The van der Waals surface area contributed by atoms with Gasteiger partial charge in [0.05, 0.1) is 0 Å². The molecule has 0 aromatic carbocycles. The zero-order valence-corrected chi connectivity index (χ0v) is 12.0. The van der Waals surface area contributed by atoms with E-state index in [0.717, 1.165) is 51.7 Å². The lowest BCUT2D eigenvalue weighted by molar-refractivity contribution is -0.146. The van der Waals surface area contributed by atoms with E-state index >= 15 is 0 Å². The van der Waals surface area contributed by atoms with E-state index in [1.807, 2.05) is 6.92 Å². The average Bonchev–Trinajstić information content (AvgIpc) is 2.72. The van der Waals surface area contributed by atoms with E-state index in [0.29, 0.717) is 0 Å². The summed E-state index contributed by atoms with van der Waals surface area (Å²) in [5, 5.41) is 12.8. The molecule has 4 nitrogen and oxygen atoms in total. The number of rotatable bonds is 8. The van der Waals surface area contributed by atoms with E-state index in [-0.39, 0.29) is 5.92 Å². The topological polar surface area (TPSA) is 52.6 Å². The number of likely N-dealkylation sites (N-methyl/N-ethyl adjacent to an activating group) is 1. The van der Waals surface area contributed by atoms with Gasteiger partial charge in [0.15, 0.2) is 0 Å². The molecule has 0 aromatic heterocycles. The maximum absolute atomic E-state index is 11.6. The van der Waals surface area contributed by atoms with Gasteiger partial charge in [-0.2, -0.15) is 0 Å². The lowest BCUT2D eigenvalue weighted by atomic mass is 9.84. The van der Waals surface area contributed by atoms with Gasteiger partial charge in [0.1, 0.15) is 5.54 Å². The summed E-state index contributed by atoms with van der Waals surface area (Å²) in [6, 6.07) is 0. The van der Waals surface area contributed by atoms with Crippen molar-refractivity contribution in [2.75, 3.05) is 26.7 Å². The standard InChI is InChI=1S/C14H28N2O2/c1-4-10-16(3)11-8-12-7-6-9-14(12,13(17)18)15-5-2/h12,15H,4-11H2,1-3H3,(H,17,18). The molecule has 0 amide bonds. The van der Waals surface area contributed by atoms with E-state index < -0.39 is 11.5 Å². The molecule has 1 fully saturated rings. The normalized spacial score (nSPS) is 27.9. The van der Waals surface area contributed by atoms with Gasteiger partial charge in [-0.25, -0.2) is 0 Å². The number of carbonyl (C=O) groups is 1. The van der Waals surface area contributed by atoms with E-state index in [1.165, 1.54) is 0 Å². The van der Waals surface area contributed by atoms with Crippen LogP contribution in [0.25, 0.3) is 0 Å². The summed E-state index contributed by atoms with van der Waals surface area (Å²) in [6.07, 6.45) is 4.98. The smallest absolute Gasteiger partial charge is 0.324 e. The Morgan fingerprint density at radius 1 is 1.44 bits per heavy atom. The van der Waals surface area contributed by atoms with Crippen molar-refractivity contribution in [3.05, 3.63) is 0 Å². The van der Waals surface area contributed by atoms with Gasteiger partial charge in [-0.3, -0.25) is 4.79 Å². The van der Waals surface area contributed by atoms with Crippen LogP contribution in [-0.4, -0.2) is 48.2 Å². The van der Waals surface area contributed by atoms with Crippen LogP contribution in [0.2, 0.25) is 0 Å². The van der Waals surface area contributed by atoms with Crippen molar-refractivity contribution in [3.8, 4) is 0 Å². The first-order valence-corrected chi connectivity index (χ1v) is 7.23. The van der Waals surface area contributed by atoms with Crippen molar-refractivity contribution in [2.24, 2.45) is 5.92 Å². The summed E-state index contributed by atoms with van der Waals surface area (Å²) in [6.45, 7) is 6.98. The third kappa shape index (κ3) is 3.45. The number of hydrogen-bond donors (Lipinski definition) is 2. The fraction of sp³-hybridized carbons (Fsp3) is 0.929.